The predicted octanol–water partition coefficient (Wildman–Crippen LogP) is 2.97. The molecule has 2 aliphatic rings. The Hall–Kier alpha value is -1.30. The molecular weight excluding hydrogens is 318 g/mol. The van der Waals surface area contributed by atoms with Gasteiger partial charge in [-0.05, 0) is 71.9 Å². The fourth-order valence-corrected chi connectivity index (χ4v) is 3.87. The summed E-state index contributed by atoms with van der Waals surface area (Å²) in [4.78, 5) is 25.8. The first-order valence-corrected chi connectivity index (χ1v) is 9.89. The number of rotatable bonds is 6. The fraction of sp³-hybridized carbons (Fsp3) is 0.895. The normalized spacial score (nSPS) is 25.8. The van der Waals surface area contributed by atoms with Gasteiger partial charge in [0, 0.05) is 18.1 Å². The van der Waals surface area contributed by atoms with E-state index < -0.39 is 5.97 Å². The Balaban J connectivity index is 1.68. The van der Waals surface area contributed by atoms with Crippen molar-refractivity contribution in [2.24, 2.45) is 5.92 Å². The third kappa shape index (κ3) is 7.22. The lowest BCUT2D eigenvalue weighted by atomic mass is 9.86. The molecule has 0 unspecified atom stereocenters. The van der Waals surface area contributed by atoms with Crippen molar-refractivity contribution >= 4 is 12.0 Å². The molecular formula is C19H35N3O3. The number of amides is 2. The van der Waals surface area contributed by atoms with Crippen molar-refractivity contribution in [2.45, 2.75) is 83.2 Å². The number of carboxylic acids is 1. The van der Waals surface area contributed by atoms with E-state index in [-0.39, 0.29) is 23.5 Å². The van der Waals surface area contributed by atoms with E-state index in [0.717, 1.165) is 25.8 Å². The van der Waals surface area contributed by atoms with Gasteiger partial charge in [-0.1, -0.05) is 12.8 Å². The lowest BCUT2D eigenvalue weighted by Crippen LogP contribution is -2.52. The van der Waals surface area contributed by atoms with Gasteiger partial charge in [0.05, 0.1) is 5.92 Å². The number of hydrogen-bond acceptors (Lipinski definition) is 3. The van der Waals surface area contributed by atoms with Gasteiger partial charge in [-0.25, -0.2) is 4.79 Å². The van der Waals surface area contributed by atoms with Gasteiger partial charge in [-0.3, -0.25) is 4.79 Å². The average Bonchev–Trinajstić information content (AvgIpc) is 2.81. The summed E-state index contributed by atoms with van der Waals surface area (Å²) in [6.45, 7) is 7.53. The number of aliphatic carboxylic acids is 1. The van der Waals surface area contributed by atoms with E-state index in [9.17, 15) is 9.59 Å². The summed E-state index contributed by atoms with van der Waals surface area (Å²) in [5.41, 5.74) is -0.241. The summed E-state index contributed by atoms with van der Waals surface area (Å²) in [7, 11) is 0. The molecule has 2 rings (SSSR count). The molecule has 2 fully saturated rings. The van der Waals surface area contributed by atoms with Crippen LogP contribution in [0.25, 0.3) is 0 Å². The van der Waals surface area contributed by atoms with Crippen molar-refractivity contribution in [1.29, 1.82) is 0 Å². The van der Waals surface area contributed by atoms with Crippen LogP contribution in [0.15, 0.2) is 0 Å². The summed E-state index contributed by atoms with van der Waals surface area (Å²) < 4.78 is 0. The first-order chi connectivity index (χ1) is 11.9. The van der Waals surface area contributed by atoms with Crippen LogP contribution < -0.4 is 10.6 Å². The second-order valence-corrected chi connectivity index (χ2v) is 8.37. The minimum Gasteiger partial charge on any atom is -0.481 e. The van der Waals surface area contributed by atoms with E-state index in [4.69, 9.17) is 5.11 Å². The van der Waals surface area contributed by atoms with Gasteiger partial charge in [-0.15, -0.1) is 0 Å². The zero-order chi connectivity index (χ0) is 18.3. The molecule has 0 aromatic carbocycles. The molecule has 0 aromatic rings. The molecule has 1 aliphatic heterocycles. The van der Waals surface area contributed by atoms with Crippen LogP contribution >= 0.6 is 0 Å². The van der Waals surface area contributed by atoms with Crippen molar-refractivity contribution in [1.82, 2.24) is 15.5 Å². The highest BCUT2D eigenvalue weighted by atomic mass is 16.4. The predicted molar refractivity (Wildman–Crippen MR) is 98.7 cm³/mol. The highest BCUT2D eigenvalue weighted by Crippen LogP contribution is 2.24. The van der Waals surface area contributed by atoms with Gasteiger partial charge in [0.15, 0.2) is 0 Å². The Morgan fingerprint density at radius 1 is 1.04 bits per heavy atom. The summed E-state index contributed by atoms with van der Waals surface area (Å²) in [5.74, 6) is -0.955. The Bertz CT molecular complexity index is 437. The van der Waals surface area contributed by atoms with Crippen LogP contribution in [0.5, 0.6) is 0 Å². The second-order valence-electron chi connectivity index (χ2n) is 8.37. The molecule has 6 nitrogen and oxygen atoms in total. The average molecular weight is 354 g/mol. The maximum Gasteiger partial charge on any atom is 0.315 e. The fourth-order valence-electron chi connectivity index (χ4n) is 3.87. The van der Waals surface area contributed by atoms with Crippen LogP contribution in [0.4, 0.5) is 4.79 Å². The molecule has 2 amide bonds. The molecule has 0 aromatic heterocycles. The molecule has 6 heteroatoms. The monoisotopic (exact) mass is 353 g/mol. The Morgan fingerprint density at radius 3 is 2.20 bits per heavy atom. The maximum absolute atomic E-state index is 12.3. The summed E-state index contributed by atoms with van der Waals surface area (Å²) in [6.07, 6.45) is 8.98. The van der Waals surface area contributed by atoms with Gasteiger partial charge < -0.3 is 20.6 Å². The zero-order valence-electron chi connectivity index (χ0n) is 15.9. The van der Waals surface area contributed by atoms with Crippen molar-refractivity contribution < 1.29 is 14.7 Å². The third-order valence-electron chi connectivity index (χ3n) is 5.62. The highest BCUT2D eigenvalue weighted by Gasteiger charge is 2.28. The Morgan fingerprint density at radius 2 is 1.64 bits per heavy atom. The number of nitrogens with zero attached hydrogens (tertiary/aromatic N) is 1. The van der Waals surface area contributed by atoms with E-state index in [0.29, 0.717) is 12.8 Å². The maximum atomic E-state index is 12.3. The number of nitrogens with one attached hydrogen (secondary N) is 2. The van der Waals surface area contributed by atoms with Gasteiger partial charge >= 0.3 is 12.0 Å². The highest BCUT2D eigenvalue weighted by molar-refractivity contribution is 5.75. The second kappa shape index (κ2) is 9.41. The van der Waals surface area contributed by atoms with Gasteiger partial charge in [0.2, 0.25) is 0 Å². The molecule has 0 radical (unpaired) electrons. The smallest absolute Gasteiger partial charge is 0.315 e. The minimum atomic E-state index is -0.711. The molecule has 1 heterocycles. The Labute approximate surface area is 151 Å². The molecule has 3 N–H and O–H groups in total. The number of urea groups is 1. The Kier molecular flexibility index (Phi) is 7.54. The summed E-state index contributed by atoms with van der Waals surface area (Å²) in [5, 5.41) is 15.2. The molecule has 0 bridgehead atoms. The van der Waals surface area contributed by atoms with Crippen molar-refractivity contribution in [2.75, 3.05) is 19.6 Å². The molecule has 1 saturated carbocycles. The van der Waals surface area contributed by atoms with Crippen LogP contribution in [0.1, 0.15) is 71.6 Å². The van der Waals surface area contributed by atoms with Crippen LogP contribution in [0.2, 0.25) is 0 Å². The number of carboxylic acid groups (broad SMARTS) is 1. The SMILES string of the molecule is CC(C)(CCN1CCCCCC1)NC(=O)NC1CCC(C(=O)O)CC1. The van der Waals surface area contributed by atoms with Gasteiger partial charge in [0.1, 0.15) is 0 Å². The number of hydrogen-bond donors (Lipinski definition) is 3. The lowest BCUT2D eigenvalue weighted by molar-refractivity contribution is -0.142. The standard InChI is InChI=1S/C19H35N3O3/c1-19(2,11-14-22-12-5-3-4-6-13-22)21-18(25)20-16-9-7-15(8-10-16)17(23)24/h15-16H,3-14H2,1-2H3,(H,23,24)(H2,20,21,25). The van der Waals surface area contributed by atoms with Crippen LogP contribution in [0.3, 0.4) is 0 Å². The third-order valence-corrected chi connectivity index (χ3v) is 5.62. The molecule has 1 aliphatic carbocycles. The first kappa shape index (κ1) is 20.0. The summed E-state index contributed by atoms with van der Waals surface area (Å²) in [6, 6.07) is -0.0309. The van der Waals surface area contributed by atoms with Crippen LogP contribution in [0, 0.1) is 5.92 Å². The number of carbonyl (C=O) groups excluding carboxylic acids is 1. The quantitative estimate of drug-likeness (QED) is 0.686. The van der Waals surface area contributed by atoms with Gasteiger partial charge in [-0.2, -0.15) is 0 Å². The molecule has 0 atom stereocenters. The minimum absolute atomic E-state index is 0.0945. The van der Waals surface area contributed by atoms with Crippen LogP contribution in [-0.4, -0.2) is 53.2 Å². The lowest BCUT2D eigenvalue weighted by Gasteiger charge is -2.32. The van der Waals surface area contributed by atoms with Crippen molar-refractivity contribution in [3.05, 3.63) is 0 Å². The van der Waals surface area contributed by atoms with Crippen molar-refractivity contribution in [3.8, 4) is 0 Å². The summed E-state index contributed by atoms with van der Waals surface area (Å²) >= 11 is 0. The van der Waals surface area contributed by atoms with E-state index in [1.165, 1.54) is 38.8 Å². The van der Waals surface area contributed by atoms with Crippen LogP contribution in [-0.2, 0) is 4.79 Å². The van der Waals surface area contributed by atoms with E-state index in [2.05, 4.69) is 29.4 Å². The zero-order valence-corrected chi connectivity index (χ0v) is 15.9. The molecule has 1 saturated heterocycles. The topological polar surface area (TPSA) is 81.7 Å². The number of likely N-dealkylation sites (tertiary alicyclic amines) is 1. The number of carbonyl (C=O) groups is 2. The van der Waals surface area contributed by atoms with Gasteiger partial charge in [0.25, 0.3) is 0 Å². The molecule has 144 valence electrons. The molecule has 25 heavy (non-hydrogen) atoms. The van der Waals surface area contributed by atoms with Crippen molar-refractivity contribution in [3.63, 3.8) is 0 Å². The first-order valence-electron chi connectivity index (χ1n) is 9.89. The van der Waals surface area contributed by atoms with E-state index in [1.54, 1.807) is 0 Å². The van der Waals surface area contributed by atoms with E-state index in [1.807, 2.05) is 0 Å². The van der Waals surface area contributed by atoms with E-state index >= 15 is 0 Å². The molecule has 0 spiro atoms. The largest absolute Gasteiger partial charge is 0.481 e.